The van der Waals surface area contributed by atoms with E-state index in [4.69, 9.17) is 0 Å². The molecule has 3 rings (SSSR count). The van der Waals surface area contributed by atoms with E-state index in [0.717, 1.165) is 18.4 Å². The van der Waals surface area contributed by atoms with Crippen molar-refractivity contribution in [2.75, 3.05) is 18.0 Å². The number of fused-ring (bicyclic) bond motifs is 1. The van der Waals surface area contributed by atoms with E-state index in [-0.39, 0.29) is 0 Å². The van der Waals surface area contributed by atoms with Gasteiger partial charge >= 0.3 is 0 Å². The molecule has 2 heterocycles. The molecular formula is C18H29N3. The molecule has 1 aromatic heterocycles. The third-order valence-electron chi connectivity index (χ3n) is 5.14. The number of hydrogen-bond donors (Lipinski definition) is 1. The van der Waals surface area contributed by atoms with Crippen molar-refractivity contribution in [3.05, 3.63) is 23.9 Å². The molecule has 1 saturated carbocycles. The molecule has 1 aliphatic carbocycles. The average Bonchev–Trinajstić information content (AvgIpc) is 2.53. The number of hydrogen-bond acceptors (Lipinski definition) is 3. The van der Waals surface area contributed by atoms with Crippen LogP contribution < -0.4 is 10.2 Å². The van der Waals surface area contributed by atoms with Gasteiger partial charge in [0.2, 0.25) is 0 Å². The van der Waals surface area contributed by atoms with Crippen LogP contribution in [0.1, 0.15) is 51.5 Å². The van der Waals surface area contributed by atoms with Crippen molar-refractivity contribution in [1.29, 1.82) is 0 Å². The van der Waals surface area contributed by atoms with Crippen LogP contribution in [0.2, 0.25) is 0 Å². The summed E-state index contributed by atoms with van der Waals surface area (Å²) in [5.74, 6) is 3.08. The molecule has 0 aromatic carbocycles. The second-order valence-electron chi connectivity index (χ2n) is 7.10. The van der Waals surface area contributed by atoms with Crippen LogP contribution in [-0.4, -0.2) is 24.1 Å². The standard InChI is InChI=1S/C18H29N3/c1-14(2)20-12-15-7-9-19-18(11-15)21-10-8-16-5-3-4-6-17(16)13-21/h7,9,11,14,16-17,20H,3-6,8,10,12-13H2,1-2H3. The van der Waals surface area contributed by atoms with Crippen molar-refractivity contribution in [2.45, 2.75) is 58.5 Å². The summed E-state index contributed by atoms with van der Waals surface area (Å²) in [6.45, 7) is 7.73. The van der Waals surface area contributed by atoms with E-state index in [2.05, 4.69) is 41.2 Å². The van der Waals surface area contributed by atoms with E-state index in [1.165, 1.54) is 56.6 Å². The summed E-state index contributed by atoms with van der Waals surface area (Å²) >= 11 is 0. The van der Waals surface area contributed by atoms with E-state index < -0.39 is 0 Å². The van der Waals surface area contributed by atoms with Crippen LogP contribution in [0.15, 0.2) is 18.3 Å². The largest absolute Gasteiger partial charge is 0.356 e. The molecule has 1 N–H and O–H groups in total. The van der Waals surface area contributed by atoms with Crippen molar-refractivity contribution in [1.82, 2.24) is 10.3 Å². The molecule has 1 aliphatic heterocycles. The van der Waals surface area contributed by atoms with E-state index >= 15 is 0 Å². The Hall–Kier alpha value is -1.09. The van der Waals surface area contributed by atoms with E-state index in [1.807, 2.05) is 6.20 Å². The van der Waals surface area contributed by atoms with Crippen LogP contribution in [0, 0.1) is 11.8 Å². The van der Waals surface area contributed by atoms with Crippen LogP contribution in [0.3, 0.4) is 0 Å². The Kier molecular flexibility index (Phi) is 4.79. The predicted octanol–water partition coefficient (Wildman–Crippen LogP) is 3.60. The van der Waals surface area contributed by atoms with Crippen LogP contribution >= 0.6 is 0 Å². The molecule has 1 aromatic rings. The summed E-state index contributed by atoms with van der Waals surface area (Å²) in [5, 5.41) is 3.49. The van der Waals surface area contributed by atoms with Gasteiger partial charge in [0.25, 0.3) is 0 Å². The summed E-state index contributed by atoms with van der Waals surface area (Å²) < 4.78 is 0. The number of pyridine rings is 1. The minimum Gasteiger partial charge on any atom is -0.356 e. The Morgan fingerprint density at radius 1 is 1.24 bits per heavy atom. The highest BCUT2D eigenvalue weighted by molar-refractivity contribution is 5.41. The van der Waals surface area contributed by atoms with Gasteiger partial charge in [-0.05, 0) is 42.4 Å². The fraction of sp³-hybridized carbons (Fsp3) is 0.722. The van der Waals surface area contributed by atoms with Crippen LogP contribution in [0.25, 0.3) is 0 Å². The van der Waals surface area contributed by atoms with Crippen molar-refractivity contribution < 1.29 is 0 Å². The molecule has 0 spiro atoms. The molecule has 3 nitrogen and oxygen atoms in total. The van der Waals surface area contributed by atoms with Gasteiger partial charge < -0.3 is 10.2 Å². The molecule has 0 radical (unpaired) electrons. The molecule has 2 unspecified atom stereocenters. The van der Waals surface area contributed by atoms with Crippen molar-refractivity contribution in [3.63, 3.8) is 0 Å². The fourth-order valence-corrected chi connectivity index (χ4v) is 3.87. The van der Waals surface area contributed by atoms with Gasteiger partial charge in [0.1, 0.15) is 5.82 Å². The second kappa shape index (κ2) is 6.78. The first-order valence-corrected chi connectivity index (χ1v) is 8.65. The molecule has 0 bridgehead atoms. The number of nitrogens with zero attached hydrogens (tertiary/aromatic N) is 2. The number of aromatic nitrogens is 1. The molecule has 2 fully saturated rings. The summed E-state index contributed by atoms with van der Waals surface area (Å²) in [6, 6.07) is 4.93. The summed E-state index contributed by atoms with van der Waals surface area (Å²) in [6.07, 6.45) is 9.11. The summed E-state index contributed by atoms with van der Waals surface area (Å²) in [5.41, 5.74) is 1.35. The third kappa shape index (κ3) is 3.76. The van der Waals surface area contributed by atoms with Gasteiger partial charge in [0, 0.05) is 31.9 Å². The first-order chi connectivity index (χ1) is 10.2. The molecular weight excluding hydrogens is 258 g/mol. The maximum atomic E-state index is 4.63. The van der Waals surface area contributed by atoms with Gasteiger partial charge in [-0.25, -0.2) is 4.98 Å². The lowest BCUT2D eigenvalue weighted by Gasteiger charge is -2.41. The predicted molar refractivity (Wildman–Crippen MR) is 88.5 cm³/mol. The Morgan fingerprint density at radius 3 is 2.86 bits per heavy atom. The topological polar surface area (TPSA) is 28.2 Å². The molecule has 21 heavy (non-hydrogen) atoms. The smallest absolute Gasteiger partial charge is 0.128 e. The van der Waals surface area contributed by atoms with E-state index in [0.29, 0.717) is 6.04 Å². The van der Waals surface area contributed by atoms with Crippen LogP contribution in [0.4, 0.5) is 5.82 Å². The zero-order chi connectivity index (χ0) is 14.7. The SMILES string of the molecule is CC(C)NCc1ccnc(N2CCC3CCCCC3C2)c1. The Bertz CT molecular complexity index is 458. The maximum Gasteiger partial charge on any atom is 0.128 e. The van der Waals surface area contributed by atoms with Gasteiger partial charge in [0.05, 0.1) is 0 Å². The molecule has 0 amide bonds. The lowest BCUT2D eigenvalue weighted by molar-refractivity contribution is 0.202. The zero-order valence-corrected chi connectivity index (χ0v) is 13.5. The first-order valence-electron chi connectivity index (χ1n) is 8.65. The zero-order valence-electron chi connectivity index (χ0n) is 13.5. The average molecular weight is 287 g/mol. The molecule has 3 heteroatoms. The maximum absolute atomic E-state index is 4.63. The minimum absolute atomic E-state index is 0.527. The van der Waals surface area contributed by atoms with Crippen molar-refractivity contribution >= 4 is 5.82 Å². The first kappa shape index (κ1) is 14.8. The molecule has 1 saturated heterocycles. The highest BCUT2D eigenvalue weighted by atomic mass is 15.2. The Labute approximate surface area is 129 Å². The van der Waals surface area contributed by atoms with Gasteiger partial charge in [-0.1, -0.05) is 33.1 Å². The Morgan fingerprint density at radius 2 is 2.05 bits per heavy atom. The highest BCUT2D eigenvalue weighted by Gasteiger charge is 2.31. The van der Waals surface area contributed by atoms with E-state index in [9.17, 15) is 0 Å². The number of anilines is 1. The number of nitrogens with one attached hydrogen (secondary N) is 1. The summed E-state index contributed by atoms with van der Waals surface area (Å²) in [7, 11) is 0. The minimum atomic E-state index is 0.527. The van der Waals surface area contributed by atoms with Gasteiger partial charge in [-0.15, -0.1) is 0 Å². The van der Waals surface area contributed by atoms with Crippen LogP contribution in [0.5, 0.6) is 0 Å². The number of piperidine rings is 1. The van der Waals surface area contributed by atoms with Crippen molar-refractivity contribution in [3.8, 4) is 0 Å². The van der Waals surface area contributed by atoms with Gasteiger partial charge in [0.15, 0.2) is 0 Å². The fourth-order valence-electron chi connectivity index (χ4n) is 3.87. The second-order valence-corrected chi connectivity index (χ2v) is 7.10. The van der Waals surface area contributed by atoms with Gasteiger partial charge in [-0.2, -0.15) is 0 Å². The molecule has 116 valence electrons. The van der Waals surface area contributed by atoms with E-state index in [1.54, 1.807) is 0 Å². The Balaban J connectivity index is 1.64. The highest BCUT2D eigenvalue weighted by Crippen LogP contribution is 2.37. The quantitative estimate of drug-likeness (QED) is 0.917. The molecule has 2 aliphatic rings. The normalized spacial score (nSPS) is 26.0. The molecule has 2 atom stereocenters. The number of rotatable bonds is 4. The van der Waals surface area contributed by atoms with Crippen LogP contribution in [-0.2, 0) is 6.54 Å². The lowest BCUT2D eigenvalue weighted by Crippen LogP contribution is -2.42. The summed E-state index contributed by atoms with van der Waals surface area (Å²) in [4.78, 5) is 7.15. The van der Waals surface area contributed by atoms with Gasteiger partial charge in [-0.3, -0.25) is 0 Å². The lowest BCUT2D eigenvalue weighted by atomic mass is 9.75. The monoisotopic (exact) mass is 287 g/mol. The van der Waals surface area contributed by atoms with Crippen molar-refractivity contribution in [2.24, 2.45) is 11.8 Å². The third-order valence-corrected chi connectivity index (χ3v) is 5.14.